The monoisotopic (exact) mass is 228 g/mol. The molecule has 0 N–H and O–H groups in total. The highest BCUT2D eigenvalue weighted by atomic mass is 19.1. The number of halogens is 1. The van der Waals surface area contributed by atoms with Crippen LogP contribution in [0.25, 0.3) is 0 Å². The molecule has 0 bridgehead atoms. The average molecular weight is 228 g/mol. The Morgan fingerprint density at radius 1 is 1.12 bits per heavy atom. The summed E-state index contributed by atoms with van der Waals surface area (Å²) < 4.78 is 13.1. The zero-order chi connectivity index (χ0) is 12.3. The van der Waals surface area contributed by atoms with Crippen LogP contribution in [0.5, 0.6) is 0 Å². The predicted octanol–water partition coefficient (Wildman–Crippen LogP) is 3.62. The second-order valence-electron chi connectivity index (χ2n) is 3.85. The van der Waals surface area contributed by atoms with Crippen molar-refractivity contribution >= 4 is 5.78 Å². The maximum absolute atomic E-state index is 13.1. The molecule has 2 heteroatoms. The van der Waals surface area contributed by atoms with Crippen molar-refractivity contribution in [2.24, 2.45) is 0 Å². The first-order valence-electron chi connectivity index (χ1n) is 5.60. The van der Waals surface area contributed by atoms with Crippen LogP contribution in [0.15, 0.2) is 48.5 Å². The SMILES string of the molecule is CCc1ccccc1C(=O)c1cccc(F)c1. The topological polar surface area (TPSA) is 17.1 Å². The van der Waals surface area contributed by atoms with E-state index in [0.29, 0.717) is 11.1 Å². The van der Waals surface area contributed by atoms with Crippen LogP contribution in [0.4, 0.5) is 4.39 Å². The fraction of sp³-hybridized carbons (Fsp3) is 0.133. The molecule has 0 spiro atoms. The molecule has 0 radical (unpaired) electrons. The van der Waals surface area contributed by atoms with Gasteiger partial charge >= 0.3 is 0 Å². The summed E-state index contributed by atoms with van der Waals surface area (Å²) in [6.07, 6.45) is 0.789. The van der Waals surface area contributed by atoms with Gasteiger partial charge in [0.1, 0.15) is 5.82 Å². The zero-order valence-electron chi connectivity index (χ0n) is 9.61. The third kappa shape index (κ3) is 2.41. The number of hydrogen-bond donors (Lipinski definition) is 0. The molecule has 0 amide bonds. The molecule has 0 fully saturated rings. The van der Waals surface area contributed by atoms with Crippen molar-refractivity contribution in [2.75, 3.05) is 0 Å². The molecular formula is C15H13FO. The first-order valence-corrected chi connectivity index (χ1v) is 5.60. The molecule has 17 heavy (non-hydrogen) atoms. The van der Waals surface area contributed by atoms with Gasteiger partial charge in [-0.15, -0.1) is 0 Å². The van der Waals surface area contributed by atoms with Gasteiger partial charge in [-0.2, -0.15) is 0 Å². The molecule has 0 atom stereocenters. The molecule has 0 aliphatic heterocycles. The van der Waals surface area contributed by atoms with E-state index in [1.165, 1.54) is 12.1 Å². The average Bonchev–Trinajstić information content (AvgIpc) is 2.38. The second kappa shape index (κ2) is 4.91. The highest BCUT2D eigenvalue weighted by Crippen LogP contribution is 2.15. The molecule has 0 aliphatic rings. The molecule has 2 rings (SSSR count). The smallest absolute Gasteiger partial charge is 0.193 e. The molecule has 0 aromatic heterocycles. The van der Waals surface area contributed by atoms with Crippen molar-refractivity contribution in [3.63, 3.8) is 0 Å². The fourth-order valence-electron chi connectivity index (χ4n) is 1.84. The Bertz CT molecular complexity index is 546. The summed E-state index contributed by atoms with van der Waals surface area (Å²) in [6, 6.07) is 13.2. The van der Waals surface area contributed by atoms with Gasteiger partial charge in [0, 0.05) is 11.1 Å². The van der Waals surface area contributed by atoms with Crippen LogP contribution in [0, 0.1) is 5.82 Å². The van der Waals surface area contributed by atoms with Crippen LogP contribution < -0.4 is 0 Å². The lowest BCUT2D eigenvalue weighted by atomic mass is 9.97. The standard InChI is InChI=1S/C15H13FO/c1-2-11-6-3-4-9-14(11)15(17)12-7-5-8-13(16)10-12/h3-10H,2H2,1H3. The number of rotatable bonds is 3. The quantitative estimate of drug-likeness (QED) is 0.733. The summed E-state index contributed by atoms with van der Waals surface area (Å²) in [6.45, 7) is 2.00. The minimum absolute atomic E-state index is 0.123. The Kier molecular flexibility index (Phi) is 3.33. The molecule has 0 unspecified atom stereocenters. The van der Waals surface area contributed by atoms with Crippen molar-refractivity contribution in [3.05, 3.63) is 71.0 Å². The number of ketones is 1. The predicted molar refractivity (Wildman–Crippen MR) is 65.7 cm³/mol. The van der Waals surface area contributed by atoms with Gasteiger partial charge in [-0.3, -0.25) is 4.79 Å². The molecule has 0 saturated heterocycles. The van der Waals surface area contributed by atoms with Gasteiger partial charge in [0.05, 0.1) is 0 Å². The molecule has 0 saturated carbocycles. The van der Waals surface area contributed by atoms with Crippen molar-refractivity contribution in [2.45, 2.75) is 13.3 Å². The summed E-state index contributed by atoms with van der Waals surface area (Å²) >= 11 is 0. The molecule has 86 valence electrons. The lowest BCUT2D eigenvalue weighted by molar-refractivity contribution is 0.103. The van der Waals surface area contributed by atoms with Gasteiger partial charge in [0.2, 0.25) is 0 Å². The Morgan fingerprint density at radius 3 is 2.59 bits per heavy atom. The normalized spacial score (nSPS) is 10.2. The summed E-state index contributed by atoms with van der Waals surface area (Å²) in [5.74, 6) is -0.508. The first kappa shape index (κ1) is 11.5. The van der Waals surface area contributed by atoms with Gasteiger partial charge in [-0.1, -0.05) is 43.3 Å². The summed E-state index contributed by atoms with van der Waals surface area (Å²) in [5.41, 5.74) is 2.04. The van der Waals surface area contributed by atoms with E-state index in [9.17, 15) is 9.18 Å². The number of hydrogen-bond acceptors (Lipinski definition) is 1. The summed E-state index contributed by atoms with van der Waals surface area (Å²) in [5, 5.41) is 0. The van der Waals surface area contributed by atoms with Crippen LogP contribution in [0.3, 0.4) is 0 Å². The number of aryl methyl sites for hydroxylation is 1. The molecule has 1 nitrogen and oxygen atoms in total. The van der Waals surface area contributed by atoms with Gasteiger partial charge < -0.3 is 0 Å². The van der Waals surface area contributed by atoms with Crippen molar-refractivity contribution < 1.29 is 9.18 Å². The van der Waals surface area contributed by atoms with E-state index in [4.69, 9.17) is 0 Å². The zero-order valence-corrected chi connectivity index (χ0v) is 9.61. The maximum atomic E-state index is 13.1. The maximum Gasteiger partial charge on any atom is 0.193 e. The Morgan fingerprint density at radius 2 is 1.88 bits per heavy atom. The van der Waals surface area contributed by atoms with Gasteiger partial charge in [-0.25, -0.2) is 4.39 Å². The largest absolute Gasteiger partial charge is 0.289 e. The van der Waals surface area contributed by atoms with E-state index in [1.54, 1.807) is 18.2 Å². The summed E-state index contributed by atoms with van der Waals surface area (Å²) in [4.78, 5) is 12.2. The van der Waals surface area contributed by atoms with Crippen molar-refractivity contribution in [3.8, 4) is 0 Å². The third-order valence-corrected chi connectivity index (χ3v) is 2.73. The van der Waals surface area contributed by atoms with Gasteiger partial charge in [0.25, 0.3) is 0 Å². The van der Waals surface area contributed by atoms with E-state index >= 15 is 0 Å². The van der Waals surface area contributed by atoms with Crippen LogP contribution >= 0.6 is 0 Å². The van der Waals surface area contributed by atoms with Crippen molar-refractivity contribution in [1.29, 1.82) is 0 Å². The van der Waals surface area contributed by atoms with Gasteiger partial charge in [-0.05, 0) is 24.1 Å². The molecule has 0 heterocycles. The Hall–Kier alpha value is -1.96. The minimum atomic E-state index is -0.384. The van der Waals surface area contributed by atoms with Crippen LogP contribution in [-0.4, -0.2) is 5.78 Å². The fourth-order valence-corrected chi connectivity index (χ4v) is 1.84. The van der Waals surface area contributed by atoms with Crippen LogP contribution in [-0.2, 0) is 6.42 Å². The molecular weight excluding hydrogens is 215 g/mol. The lowest BCUT2D eigenvalue weighted by Gasteiger charge is -2.06. The molecule has 0 aliphatic carbocycles. The minimum Gasteiger partial charge on any atom is -0.289 e. The second-order valence-corrected chi connectivity index (χ2v) is 3.85. The van der Waals surface area contributed by atoms with E-state index in [1.807, 2.05) is 25.1 Å². The van der Waals surface area contributed by atoms with E-state index in [-0.39, 0.29) is 11.6 Å². The van der Waals surface area contributed by atoms with E-state index < -0.39 is 0 Å². The number of carbonyl (C=O) groups is 1. The van der Waals surface area contributed by atoms with E-state index in [0.717, 1.165) is 12.0 Å². The molecule has 2 aromatic rings. The Labute approximate surface area is 99.9 Å². The number of benzene rings is 2. The van der Waals surface area contributed by atoms with Crippen LogP contribution in [0.1, 0.15) is 28.4 Å². The van der Waals surface area contributed by atoms with Crippen molar-refractivity contribution in [1.82, 2.24) is 0 Å². The Balaban J connectivity index is 2.44. The number of carbonyl (C=O) groups excluding carboxylic acids is 1. The van der Waals surface area contributed by atoms with Gasteiger partial charge in [0.15, 0.2) is 5.78 Å². The van der Waals surface area contributed by atoms with Crippen LogP contribution in [0.2, 0.25) is 0 Å². The lowest BCUT2D eigenvalue weighted by Crippen LogP contribution is -2.05. The first-order chi connectivity index (χ1) is 8.22. The highest BCUT2D eigenvalue weighted by molar-refractivity contribution is 6.09. The highest BCUT2D eigenvalue weighted by Gasteiger charge is 2.12. The third-order valence-electron chi connectivity index (χ3n) is 2.73. The molecule has 2 aromatic carbocycles. The summed E-state index contributed by atoms with van der Waals surface area (Å²) in [7, 11) is 0. The van der Waals surface area contributed by atoms with E-state index in [2.05, 4.69) is 0 Å².